The summed E-state index contributed by atoms with van der Waals surface area (Å²) in [5.41, 5.74) is 6.20. The van der Waals surface area contributed by atoms with Gasteiger partial charge in [0.2, 0.25) is 5.91 Å². The molecule has 128 valence electrons. The Bertz CT molecular complexity index is 615. The van der Waals surface area contributed by atoms with Crippen LogP contribution >= 0.6 is 0 Å². The zero-order valence-electron chi connectivity index (χ0n) is 13.7. The number of nitrogens with one attached hydrogen (secondary N) is 1. The van der Waals surface area contributed by atoms with Gasteiger partial charge in [0.05, 0.1) is 24.2 Å². The van der Waals surface area contributed by atoms with E-state index in [1.807, 2.05) is 0 Å². The highest BCUT2D eigenvalue weighted by atomic mass is 16.2. The summed E-state index contributed by atoms with van der Waals surface area (Å²) in [6.45, 7) is 0.407. The molecular formula is C16H22N6O2. The first-order chi connectivity index (χ1) is 11.5. The van der Waals surface area contributed by atoms with Crippen molar-refractivity contribution < 1.29 is 9.59 Å². The number of carbonyl (C=O) groups excluding carboxylic acids is 2. The molecule has 0 aliphatic heterocycles. The molecule has 2 amide bonds. The second-order valence-electron chi connectivity index (χ2n) is 5.92. The average Bonchev–Trinajstić information content (AvgIpc) is 2.57. The van der Waals surface area contributed by atoms with Crippen LogP contribution in [0.15, 0.2) is 18.6 Å². The van der Waals surface area contributed by atoms with E-state index in [-0.39, 0.29) is 29.5 Å². The zero-order chi connectivity index (χ0) is 17.5. The predicted octanol–water partition coefficient (Wildman–Crippen LogP) is 0.0745. The summed E-state index contributed by atoms with van der Waals surface area (Å²) >= 11 is 0. The van der Waals surface area contributed by atoms with Gasteiger partial charge in [-0.3, -0.25) is 14.6 Å². The summed E-state index contributed by atoms with van der Waals surface area (Å²) in [6.07, 6.45) is 7.08. The summed E-state index contributed by atoms with van der Waals surface area (Å²) < 4.78 is 0. The van der Waals surface area contributed by atoms with E-state index in [0.717, 1.165) is 12.8 Å². The monoisotopic (exact) mass is 330 g/mol. The molecule has 24 heavy (non-hydrogen) atoms. The number of amides is 2. The normalized spacial score (nSPS) is 20.4. The van der Waals surface area contributed by atoms with Crippen LogP contribution in [0.3, 0.4) is 0 Å². The van der Waals surface area contributed by atoms with Crippen molar-refractivity contribution in [1.82, 2.24) is 20.2 Å². The van der Waals surface area contributed by atoms with Crippen molar-refractivity contribution in [2.75, 3.05) is 13.6 Å². The first-order valence-electron chi connectivity index (χ1n) is 8.00. The molecular weight excluding hydrogens is 308 g/mol. The Hall–Kier alpha value is -2.53. The third kappa shape index (κ3) is 4.26. The van der Waals surface area contributed by atoms with Gasteiger partial charge in [-0.25, -0.2) is 4.98 Å². The minimum Gasteiger partial charge on any atom is -0.351 e. The molecule has 3 atom stereocenters. The van der Waals surface area contributed by atoms with Gasteiger partial charge in [-0.2, -0.15) is 5.26 Å². The Morgan fingerprint density at radius 1 is 1.50 bits per heavy atom. The fourth-order valence-electron chi connectivity index (χ4n) is 2.68. The topological polar surface area (TPSA) is 125 Å². The van der Waals surface area contributed by atoms with E-state index < -0.39 is 6.04 Å². The van der Waals surface area contributed by atoms with Crippen molar-refractivity contribution in [2.45, 2.75) is 37.8 Å². The third-order valence-electron chi connectivity index (χ3n) is 4.34. The molecule has 1 aromatic heterocycles. The van der Waals surface area contributed by atoms with Crippen LogP contribution in [0.25, 0.3) is 0 Å². The van der Waals surface area contributed by atoms with Crippen LogP contribution in [-0.4, -0.2) is 52.4 Å². The zero-order valence-corrected chi connectivity index (χ0v) is 13.7. The van der Waals surface area contributed by atoms with E-state index in [9.17, 15) is 9.59 Å². The molecule has 3 N–H and O–H groups in total. The van der Waals surface area contributed by atoms with Gasteiger partial charge in [0.15, 0.2) is 0 Å². The third-order valence-corrected chi connectivity index (χ3v) is 4.34. The number of likely N-dealkylation sites (N-methyl/N-ethyl adjacent to an activating group) is 1. The number of nitriles is 1. The van der Waals surface area contributed by atoms with Crippen LogP contribution < -0.4 is 11.1 Å². The molecule has 1 aliphatic carbocycles. The number of aromatic nitrogens is 2. The van der Waals surface area contributed by atoms with Crippen molar-refractivity contribution in [2.24, 2.45) is 11.7 Å². The molecule has 0 bridgehead atoms. The fourth-order valence-corrected chi connectivity index (χ4v) is 2.68. The van der Waals surface area contributed by atoms with Crippen molar-refractivity contribution in [3.8, 4) is 6.07 Å². The second kappa shape index (κ2) is 8.36. The molecule has 1 saturated carbocycles. The van der Waals surface area contributed by atoms with E-state index in [1.54, 1.807) is 11.9 Å². The van der Waals surface area contributed by atoms with Crippen molar-refractivity contribution in [3.63, 3.8) is 0 Å². The predicted molar refractivity (Wildman–Crippen MR) is 86.5 cm³/mol. The number of carbonyl (C=O) groups is 2. The molecule has 2 rings (SSSR count). The molecule has 0 saturated heterocycles. The molecule has 8 nitrogen and oxygen atoms in total. The number of nitrogens with zero attached hydrogens (tertiary/aromatic N) is 4. The highest BCUT2D eigenvalue weighted by Crippen LogP contribution is 2.31. The molecule has 2 unspecified atom stereocenters. The molecule has 0 aromatic carbocycles. The van der Waals surface area contributed by atoms with Crippen LogP contribution in [-0.2, 0) is 4.79 Å². The fraction of sp³-hybridized carbons (Fsp3) is 0.562. The van der Waals surface area contributed by atoms with Gasteiger partial charge in [-0.05, 0) is 25.7 Å². The van der Waals surface area contributed by atoms with Crippen LogP contribution in [0.2, 0.25) is 0 Å². The lowest BCUT2D eigenvalue weighted by molar-refractivity contribution is -0.136. The van der Waals surface area contributed by atoms with E-state index >= 15 is 0 Å². The summed E-state index contributed by atoms with van der Waals surface area (Å²) in [5, 5.41) is 11.7. The van der Waals surface area contributed by atoms with Crippen LogP contribution in [0.5, 0.6) is 0 Å². The molecule has 0 radical (unpaired) electrons. The number of hydrogen-bond acceptors (Lipinski definition) is 6. The summed E-state index contributed by atoms with van der Waals surface area (Å²) in [6, 6.07) is 1.57. The minimum absolute atomic E-state index is 0.0232. The number of nitrogens with two attached hydrogens (primary N) is 1. The van der Waals surface area contributed by atoms with E-state index in [2.05, 4.69) is 21.4 Å². The average molecular weight is 330 g/mol. The Kier molecular flexibility index (Phi) is 6.21. The molecule has 8 heteroatoms. The Morgan fingerprint density at radius 3 is 2.88 bits per heavy atom. The number of rotatable bonds is 7. The van der Waals surface area contributed by atoms with E-state index in [0.29, 0.717) is 19.4 Å². The summed E-state index contributed by atoms with van der Waals surface area (Å²) in [7, 11) is 1.70. The number of hydrogen-bond donors (Lipinski definition) is 2. The largest absolute Gasteiger partial charge is 0.351 e. The second-order valence-corrected chi connectivity index (χ2v) is 5.92. The molecule has 0 spiro atoms. The molecule has 1 heterocycles. The van der Waals surface area contributed by atoms with Gasteiger partial charge in [0.1, 0.15) is 5.69 Å². The van der Waals surface area contributed by atoms with Crippen molar-refractivity contribution >= 4 is 11.8 Å². The minimum atomic E-state index is -0.622. The Morgan fingerprint density at radius 2 is 2.29 bits per heavy atom. The Labute approximate surface area is 141 Å². The van der Waals surface area contributed by atoms with Crippen molar-refractivity contribution in [1.29, 1.82) is 5.26 Å². The first-order valence-corrected chi connectivity index (χ1v) is 8.00. The SMILES string of the molecule is CN(C(=O)[C@@H](N)CCCNC(=O)c1cnccn1)C1CCC1C#N. The highest BCUT2D eigenvalue weighted by molar-refractivity contribution is 5.91. The lowest BCUT2D eigenvalue weighted by Gasteiger charge is -2.39. The Balaban J connectivity index is 1.69. The van der Waals surface area contributed by atoms with Crippen LogP contribution in [0.1, 0.15) is 36.2 Å². The summed E-state index contributed by atoms with van der Waals surface area (Å²) in [5.74, 6) is -0.538. The maximum atomic E-state index is 12.3. The lowest BCUT2D eigenvalue weighted by Crippen LogP contribution is -2.52. The maximum absolute atomic E-state index is 12.3. The van der Waals surface area contributed by atoms with Crippen molar-refractivity contribution in [3.05, 3.63) is 24.3 Å². The summed E-state index contributed by atoms with van der Waals surface area (Å²) in [4.78, 5) is 33.4. The van der Waals surface area contributed by atoms with Gasteiger partial charge in [-0.15, -0.1) is 0 Å². The molecule has 1 aromatic rings. The van der Waals surface area contributed by atoms with Crippen LogP contribution in [0, 0.1) is 17.2 Å². The molecule has 1 aliphatic rings. The van der Waals surface area contributed by atoms with E-state index in [4.69, 9.17) is 11.0 Å². The van der Waals surface area contributed by atoms with Gasteiger partial charge in [0, 0.05) is 32.0 Å². The standard InChI is InChI=1S/C16H22N6O2/c1-22(14-5-4-11(14)9-17)16(24)12(18)3-2-6-21-15(23)13-10-19-7-8-20-13/h7-8,10-12,14H,2-6,18H2,1H3,(H,21,23)/t11?,12-,14?/m0/s1. The van der Waals surface area contributed by atoms with Gasteiger partial charge < -0.3 is 16.0 Å². The first kappa shape index (κ1) is 17.8. The highest BCUT2D eigenvalue weighted by Gasteiger charge is 2.37. The molecule has 1 fully saturated rings. The quantitative estimate of drug-likeness (QED) is 0.682. The maximum Gasteiger partial charge on any atom is 0.271 e. The smallest absolute Gasteiger partial charge is 0.271 e. The van der Waals surface area contributed by atoms with E-state index in [1.165, 1.54) is 18.6 Å². The van der Waals surface area contributed by atoms with Gasteiger partial charge >= 0.3 is 0 Å². The lowest BCUT2D eigenvalue weighted by atomic mass is 9.79. The van der Waals surface area contributed by atoms with Gasteiger partial charge in [-0.1, -0.05) is 0 Å². The van der Waals surface area contributed by atoms with Crippen LogP contribution in [0.4, 0.5) is 0 Å². The van der Waals surface area contributed by atoms with Gasteiger partial charge in [0.25, 0.3) is 5.91 Å².